The largest absolute Gasteiger partial charge is 0.398 e. The van der Waals surface area contributed by atoms with Crippen molar-refractivity contribution in [2.24, 2.45) is 5.92 Å². The van der Waals surface area contributed by atoms with Crippen molar-refractivity contribution in [1.29, 1.82) is 0 Å². The van der Waals surface area contributed by atoms with Crippen molar-refractivity contribution in [1.82, 2.24) is 4.72 Å². The summed E-state index contributed by atoms with van der Waals surface area (Å²) in [6.45, 7) is 1.86. The van der Waals surface area contributed by atoms with Gasteiger partial charge in [0.25, 0.3) is 0 Å². The Balaban J connectivity index is 2.19. The van der Waals surface area contributed by atoms with Gasteiger partial charge in [0.1, 0.15) is 4.90 Å². The molecule has 1 unspecified atom stereocenters. The zero-order valence-corrected chi connectivity index (χ0v) is 11.8. The highest BCUT2D eigenvalue weighted by atomic mass is 35.5. The van der Waals surface area contributed by atoms with Gasteiger partial charge in [-0.05, 0) is 31.4 Å². The summed E-state index contributed by atoms with van der Waals surface area (Å²) >= 11 is 5.92. The summed E-state index contributed by atoms with van der Waals surface area (Å²) in [6, 6.07) is 4.59. The monoisotopic (exact) mass is 288 g/mol. The molecular formula is C12H17ClN2O2S. The number of anilines is 1. The van der Waals surface area contributed by atoms with E-state index in [9.17, 15) is 8.42 Å². The fraction of sp³-hybridized carbons (Fsp3) is 0.500. The van der Waals surface area contributed by atoms with E-state index in [-0.39, 0.29) is 21.6 Å². The fourth-order valence-electron chi connectivity index (χ4n) is 2.03. The third-order valence-corrected chi connectivity index (χ3v) is 5.14. The van der Waals surface area contributed by atoms with Gasteiger partial charge in [0.05, 0.1) is 10.7 Å². The molecule has 18 heavy (non-hydrogen) atoms. The number of halogens is 1. The second-order valence-electron chi connectivity index (χ2n) is 4.86. The molecule has 4 nitrogen and oxygen atoms in total. The van der Waals surface area contributed by atoms with Gasteiger partial charge in [-0.25, -0.2) is 13.1 Å². The summed E-state index contributed by atoms with van der Waals surface area (Å²) in [7, 11) is -3.65. The van der Waals surface area contributed by atoms with E-state index in [0.717, 1.165) is 6.42 Å². The SMILES string of the molecule is CC(CC1CC1)NS(=O)(=O)c1c(N)cccc1Cl. The zero-order chi connectivity index (χ0) is 13.3. The van der Waals surface area contributed by atoms with Crippen LogP contribution >= 0.6 is 11.6 Å². The summed E-state index contributed by atoms with van der Waals surface area (Å²) in [5, 5.41) is 0.154. The van der Waals surface area contributed by atoms with Crippen LogP contribution in [0, 0.1) is 5.92 Å². The van der Waals surface area contributed by atoms with Crippen LogP contribution in [0.3, 0.4) is 0 Å². The van der Waals surface area contributed by atoms with Gasteiger partial charge >= 0.3 is 0 Å². The maximum atomic E-state index is 12.2. The lowest BCUT2D eigenvalue weighted by Gasteiger charge is -2.15. The van der Waals surface area contributed by atoms with E-state index in [4.69, 9.17) is 17.3 Å². The number of nitrogen functional groups attached to an aromatic ring is 1. The minimum absolute atomic E-state index is 0.0192. The maximum absolute atomic E-state index is 12.2. The van der Waals surface area contributed by atoms with Crippen LogP contribution in [0.15, 0.2) is 23.1 Å². The van der Waals surface area contributed by atoms with Crippen LogP contribution in [-0.2, 0) is 10.0 Å². The Hall–Kier alpha value is -0.780. The molecule has 0 heterocycles. The molecule has 0 spiro atoms. The van der Waals surface area contributed by atoms with Crippen LogP contribution in [0.4, 0.5) is 5.69 Å². The van der Waals surface area contributed by atoms with Gasteiger partial charge in [0.2, 0.25) is 10.0 Å². The molecule has 0 amide bonds. The molecule has 0 bridgehead atoms. The lowest BCUT2D eigenvalue weighted by molar-refractivity contribution is 0.530. The first-order valence-corrected chi connectivity index (χ1v) is 7.82. The van der Waals surface area contributed by atoms with E-state index in [2.05, 4.69) is 4.72 Å². The molecule has 1 atom stereocenters. The number of sulfonamides is 1. The Morgan fingerprint density at radius 1 is 1.50 bits per heavy atom. The molecule has 0 saturated heterocycles. The molecule has 1 aliphatic rings. The van der Waals surface area contributed by atoms with Crippen LogP contribution in [0.25, 0.3) is 0 Å². The average Bonchev–Trinajstić information content (AvgIpc) is 2.99. The van der Waals surface area contributed by atoms with Crippen LogP contribution < -0.4 is 10.5 Å². The lowest BCUT2D eigenvalue weighted by Crippen LogP contribution is -2.33. The van der Waals surface area contributed by atoms with Crippen molar-refractivity contribution in [3.05, 3.63) is 23.2 Å². The molecular weight excluding hydrogens is 272 g/mol. The van der Waals surface area contributed by atoms with Crippen molar-refractivity contribution >= 4 is 27.3 Å². The van der Waals surface area contributed by atoms with E-state index in [1.165, 1.54) is 25.0 Å². The predicted octanol–water partition coefficient (Wildman–Crippen LogP) is 2.39. The molecule has 3 N–H and O–H groups in total. The Labute approximate surface area is 113 Å². The maximum Gasteiger partial charge on any atom is 0.244 e. The molecule has 2 rings (SSSR count). The molecule has 0 radical (unpaired) electrons. The second kappa shape index (κ2) is 5.07. The molecule has 1 saturated carbocycles. The standard InChI is InChI=1S/C12H17ClN2O2S/c1-8(7-9-5-6-9)15-18(16,17)12-10(13)3-2-4-11(12)14/h2-4,8-9,15H,5-7,14H2,1H3. The van der Waals surface area contributed by atoms with Crippen molar-refractivity contribution in [2.45, 2.75) is 37.1 Å². The number of hydrogen-bond acceptors (Lipinski definition) is 3. The number of rotatable bonds is 5. The minimum atomic E-state index is -3.65. The topological polar surface area (TPSA) is 72.2 Å². The summed E-state index contributed by atoms with van der Waals surface area (Å²) in [6.07, 6.45) is 3.25. The van der Waals surface area contributed by atoms with Crippen LogP contribution in [0.5, 0.6) is 0 Å². The molecule has 1 aromatic rings. The summed E-state index contributed by atoms with van der Waals surface area (Å²) in [5.74, 6) is 0.659. The highest BCUT2D eigenvalue weighted by Crippen LogP contribution is 2.34. The van der Waals surface area contributed by atoms with Crippen molar-refractivity contribution < 1.29 is 8.42 Å². The molecule has 6 heteroatoms. The summed E-state index contributed by atoms with van der Waals surface area (Å²) < 4.78 is 27.1. The molecule has 1 aromatic carbocycles. The van der Waals surface area contributed by atoms with Gasteiger partial charge in [-0.1, -0.05) is 30.5 Å². The predicted molar refractivity (Wildman–Crippen MR) is 73.0 cm³/mol. The Morgan fingerprint density at radius 2 is 2.17 bits per heavy atom. The average molecular weight is 289 g/mol. The van der Waals surface area contributed by atoms with Crippen molar-refractivity contribution in [2.75, 3.05) is 5.73 Å². The smallest absolute Gasteiger partial charge is 0.244 e. The highest BCUT2D eigenvalue weighted by molar-refractivity contribution is 7.89. The highest BCUT2D eigenvalue weighted by Gasteiger charge is 2.27. The zero-order valence-electron chi connectivity index (χ0n) is 10.2. The van der Waals surface area contributed by atoms with Crippen LogP contribution in [0.2, 0.25) is 5.02 Å². The molecule has 0 aromatic heterocycles. The van der Waals surface area contributed by atoms with Crippen LogP contribution in [-0.4, -0.2) is 14.5 Å². The molecule has 1 aliphatic carbocycles. The number of nitrogens with one attached hydrogen (secondary N) is 1. The Kier molecular flexibility index (Phi) is 3.84. The number of benzene rings is 1. The van der Waals surface area contributed by atoms with Gasteiger partial charge in [-0.3, -0.25) is 0 Å². The number of nitrogens with two attached hydrogens (primary N) is 1. The van der Waals surface area contributed by atoms with E-state index < -0.39 is 10.0 Å². The summed E-state index contributed by atoms with van der Waals surface area (Å²) in [4.78, 5) is -0.0192. The fourth-order valence-corrected chi connectivity index (χ4v) is 3.97. The molecule has 0 aliphatic heterocycles. The Morgan fingerprint density at radius 3 is 2.72 bits per heavy atom. The van der Waals surface area contributed by atoms with Gasteiger partial charge in [0.15, 0.2) is 0 Å². The van der Waals surface area contributed by atoms with E-state index in [1.54, 1.807) is 6.07 Å². The van der Waals surface area contributed by atoms with Gasteiger partial charge in [0, 0.05) is 6.04 Å². The van der Waals surface area contributed by atoms with Gasteiger partial charge < -0.3 is 5.73 Å². The Bertz CT molecular complexity index is 521. The van der Waals surface area contributed by atoms with Gasteiger partial charge in [-0.2, -0.15) is 0 Å². The first-order chi connectivity index (χ1) is 8.40. The number of hydrogen-bond donors (Lipinski definition) is 2. The normalized spacial score (nSPS) is 17.7. The molecule has 1 fully saturated rings. The third kappa shape index (κ3) is 3.16. The van der Waals surface area contributed by atoms with E-state index >= 15 is 0 Å². The quantitative estimate of drug-likeness (QED) is 0.817. The first-order valence-electron chi connectivity index (χ1n) is 5.96. The molecule has 100 valence electrons. The minimum Gasteiger partial charge on any atom is -0.398 e. The van der Waals surface area contributed by atoms with Crippen LogP contribution in [0.1, 0.15) is 26.2 Å². The lowest BCUT2D eigenvalue weighted by atomic mass is 10.2. The second-order valence-corrected chi connectivity index (χ2v) is 6.92. The summed E-state index contributed by atoms with van der Waals surface area (Å²) in [5.41, 5.74) is 5.87. The first kappa shape index (κ1) is 13.6. The van der Waals surface area contributed by atoms with Crippen molar-refractivity contribution in [3.8, 4) is 0 Å². The van der Waals surface area contributed by atoms with Gasteiger partial charge in [-0.15, -0.1) is 0 Å². The third-order valence-electron chi connectivity index (χ3n) is 3.01. The van der Waals surface area contributed by atoms with Crippen molar-refractivity contribution in [3.63, 3.8) is 0 Å². The van der Waals surface area contributed by atoms with E-state index in [1.807, 2.05) is 6.92 Å². The van der Waals surface area contributed by atoms with E-state index in [0.29, 0.717) is 5.92 Å².